The van der Waals surface area contributed by atoms with Crippen molar-refractivity contribution >= 4 is 23.0 Å². The third kappa shape index (κ3) is 2.31. The summed E-state index contributed by atoms with van der Waals surface area (Å²) >= 11 is 1.28. The Morgan fingerprint density at radius 2 is 1.88 bits per heavy atom. The summed E-state index contributed by atoms with van der Waals surface area (Å²) in [7, 11) is 0. The zero-order valence-electron chi connectivity index (χ0n) is 9.16. The van der Waals surface area contributed by atoms with Crippen molar-refractivity contribution in [2.45, 2.75) is 6.92 Å². The van der Waals surface area contributed by atoms with Gasteiger partial charge in [0.2, 0.25) is 0 Å². The van der Waals surface area contributed by atoms with Crippen molar-refractivity contribution in [3.8, 4) is 0 Å². The van der Waals surface area contributed by atoms with Crippen LogP contribution in [0.3, 0.4) is 0 Å². The van der Waals surface area contributed by atoms with Crippen molar-refractivity contribution in [2.24, 2.45) is 0 Å². The second kappa shape index (κ2) is 4.76. The molecule has 0 atom stereocenters. The number of hydrogen-bond donors (Lipinski definition) is 1. The summed E-state index contributed by atoms with van der Waals surface area (Å²) in [6.07, 6.45) is 0. The normalized spacial score (nSPS) is 16.2. The molecule has 2 rings (SSSR count). The van der Waals surface area contributed by atoms with E-state index in [0.717, 1.165) is 26.2 Å². The molecule has 1 aliphatic heterocycles. The molecule has 0 radical (unpaired) electrons. The quantitative estimate of drug-likeness (QED) is 0.782. The van der Waals surface area contributed by atoms with Crippen LogP contribution in [-0.4, -0.2) is 42.8 Å². The second-order valence-corrected chi connectivity index (χ2v) is 4.85. The van der Waals surface area contributed by atoms with Gasteiger partial charge in [0.05, 0.1) is 9.75 Å². The molecule has 2 heterocycles. The minimum Gasteiger partial charge on any atom is -0.335 e. The standard InChI is InChI=1S/C11H14N2O2S/c1-8(14)9-2-3-10(16-9)11(15)13-6-4-12-5-7-13/h2-3,12H,4-7H2,1H3. The Bertz CT molecular complexity index is 408. The van der Waals surface area contributed by atoms with Crippen LogP contribution in [0.15, 0.2) is 12.1 Å². The fourth-order valence-corrected chi connectivity index (χ4v) is 2.54. The van der Waals surface area contributed by atoms with Gasteiger partial charge in [-0.25, -0.2) is 0 Å². The molecule has 16 heavy (non-hydrogen) atoms. The zero-order valence-corrected chi connectivity index (χ0v) is 9.97. The Labute approximate surface area is 98.3 Å². The van der Waals surface area contributed by atoms with E-state index < -0.39 is 0 Å². The van der Waals surface area contributed by atoms with Gasteiger partial charge >= 0.3 is 0 Å². The molecule has 1 saturated heterocycles. The van der Waals surface area contributed by atoms with Gasteiger partial charge in [-0.3, -0.25) is 9.59 Å². The van der Waals surface area contributed by atoms with Gasteiger partial charge in [-0.05, 0) is 19.1 Å². The summed E-state index contributed by atoms with van der Waals surface area (Å²) < 4.78 is 0. The molecular weight excluding hydrogens is 224 g/mol. The van der Waals surface area contributed by atoms with Crippen molar-refractivity contribution < 1.29 is 9.59 Å². The Balaban J connectivity index is 2.10. The predicted octanol–water partition coefficient (Wildman–Crippen LogP) is 0.996. The van der Waals surface area contributed by atoms with Crippen LogP contribution >= 0.6 is 11.3 Å². The van der Waals surface area contributed by atoms with Crippen LogP contribution in [0.25, 0.3) is 0 Å². The maximum atomic E-state index is 12.0. The molecule has 0 unspecified atom stereocenters. The summed E-state index contributed by atoms with van der Waals surface area (Å²) in [6.45, 7) is 4.69. The predicted molar refractivity (Wildman–Crippen MR) is 63.1 cm³/mol. The van der Waals surface area contributed by atoms with E-state index in [1.807, 2.05) is 4.90 Å². The van der Waals surface area contributed by atoms with Crippen LogP contribution in [0.4, 0.5) is 0 Å². The third-order valence-electron chi connectivity index (χ3n) is 2.57. The highest BCUT2D eigenvalue weighted by atomic mass is 32.1. The van der Waals surface area contributed by atoms with Crippen LogP contribution < -0.4 is 5.32 Å². The maximum absolute atomic E-state index is 12.0. The van der Waals surface area contributed by atoms with E-state index >= 15 is 0 Å². The van der Waals surface area contributed by atoms with Crippen molar-refractivity contribution in [2.75, 3.05) is 26.2 Å². The van der Waals surface area contributed by atoms with Gasteiger partial charge in [-0.1, -0.05) is 0 Å². The lowest BCUT2D eigenvalue weighted by atomic mass is 10.3. The lowest BCUT2D eigenvalue weighted by Gasteiger charge is -2.26. The van der Waals surface area contributed by atoms with Crippen molar-refractivity contribution in [3.05, 3.63) is 21.9 Å². The van der Waals surface area contributed by atoms with Gasteiger partial charge in [-0.2, -0.15) is 0 Å². The smallest absolute Gasteiger partial charge is 0.264 e. The first-order valence-electron chi connectivity index (χ1n) is 5.29. The third-order valence-corrected chi connectivity index (χ3v) is 3.74. The van der Waals surface area contributed by atoms with Gasteiger partial charge in [-0.15, -0.1) is 11.3 Å². The van der Waals surface area contributed by atoms with E-state index in [9.17, 15) is 9.59 Å². The Kier molecular flexibility index (Phi) is 3.36. The Morgan fingerprint density at radius 3 is 2.44 bits per heavy atom. The lowest BCUT2D eigenvalue weighted by molar-refractivity contribution is 0.0740. The maximum Gasteiger partial charge on any atom is 0.264 e. The van der Waals surface area contributed by atoms with Crippen LogP contribution in [0.2, 0.25) is 0 Å². The molecule has 1 amide bonds. The molecule has 0 bridgehead atoms. The molecule has 1 fully saturated rings. The lowest BCUT2D eigenvalue weighted by Crippen LogP contribution is -2.46. The first-order valence-corrected chi connectivity index (χ1v) is 6.11. The fourth-order valence-electron chi connectivity index (χ4n) is 1.67. The Hall–Kier alpha value is -1.20. The topological polar surface area (TPSA) is 49.4 Å². The highest BCUT2D eigenvalue weighted by Gasteiger charge is 2.19. The zero-order chi connectivity index (χ0) is 11.5. The molecule has 1 aromatic heterocycles. The van der Waals surface area contributed by atoms with Gasteiger partial charge in [0.1, 0.15) is 0 Å². The molecule has 5 heteroatoms. The summed E-state index contributed by atoms with van der Waals surface area (Å²) in [4.78, 5) is 26.3. The van der Waals surface area contributed by atoms with E-state index in [4.69, 9.17) is 0 Å². The van der Waals surface area contributed by atoms with Gasteiger partial charge in [0, 0.05) is 26.2 Å². The van der Waals surface area contributed by atoms with E-state index in [1.54, 1.807) is 12.1 Å². The van der Waals surface area contributed by atoms with E-state index in [2.05, 4.69) is 5.32 Å². The number of rotatable bonds is 2. The summed E-state index contributed by atoms with van der Waals surface area (Å²) in [5.41, 5.74) is 0. The number of piperazine rings is 1. The fraction of sp³-hybridized carbons (Fsp3) is 0.455. The number of ketones is 1. The molecule has 86 valence electrons. The van der Waals surface area contributed by atoms with Crippen molar-refractivity contribution in [1.29, 1.82) is 0 Å². The minimum atomic E-state index is 0.0179. The molecule has 4 nitrogen and oxygen atoms in total. The van der Waals surface area contributed by atoms with Crippen molar-refractivity contribution in [1.82, 2.24) is 10.2 Å². The molecule has 1 N–H and O–H groups in total. The van der Waals surface area contributed by atoms with Gasteiger partial charge < -0.3 is 10.2 Å². The van der Waals surface area contributed by atoms with Crippen LogP contribution in [-0.2, 0) is 0 Å². The molecule has 0 aliphatic carbocycles. The van der Waals surface area contributed by atoms with Crippen LogP contribution in [0.5, 0.6) is 0 Å². The van der Waals surface area contributed by atoms with E-state index in [-0.39, 0.29) is 11.7 Å². The van der Waals surface area contributed by atoms with Gasteiger partial charge in [0.25, 0.3) is 5.91 Å². The first-order chi connectivity index (χ1) is 7.68. The largest absolute Gasteiger partial charge is 0.335 e. The van der Waals surface area contributed by atoms with Gasteiger partial charge in [0.15, 0.2) is 5.78 Å². The SMILES string of the molecule is CC(=O)c1ccc(C(=O)N2CCNCC2)s1. The number of nitrogens with one attached hydrogen (secondary N) is 1. The summed E-state index contributed by atoms with van der Waals surface area (Å²) in [6, 6.07) is 3.47. The molecule has 0 spiro atoms. The van der Waals surface area contributed by atoms with Crippen LogP contribution in [0.1, 0.15) is 26.3 Å². The number of Topliss-reactive ketones (excluding diaryl/α,β-unsaturated/α-hetero) is 1. The van der Waals surface area contributed by atoms with E-state index in [1.165, 1.54) is 18.3 Å². The molecular formula is C11H14N2O2S. The number of nitrogens with zero attached hydrogens (tertiary/aromatic N) is 1. The summed E-state index contributed by atoms with van der Waals surface area (Å²) in [5.74, 6) is 0.0587. The monoisotopic (exact) mass is 238 g/mol. The second-order valence-electron chi connectivity index (χ2n) is 3.76. The minimum absolute atomic E-state index is 0.0179. The molecule has 0 aromatic carbocycles. The number of thiophene rings is 1. The highest BCUT2D eigenvalue weighted by Crippen LogP contribution is 2.19. The van der Waals surface area contributed by atoms with Crippen LogP contribution in [0, 0.1) is 0 Å². The summed E-state index contributed by atoms with van der Waals surface area (Å²) in [5, 5.41) is 3.20. The first kappa shape index (κ1) is 11.3. The highest BCUT2D eigenvalue weighted by molar-refractivity contribution is 7.15. The number of amides is 1. The average molecular weight is 238 g/mol. The number of carbonyl (C=O) groups excluding carboxylic acids is 2. The Morgan fingerprint density at radius 1 is 1.25 bits per heavy atom. The molecule has 0 saturated carbocycles. The van der Waals surface area contributed by atoms with E-state index in [0.29, 0.717) is 9.75 Å². The molecule has 1 aliphatic rings. The van der Waals surface area contributed by atoms with Crippen molar-refractivity contribution in [3.63, 3.8) is 0 Å². The number of carbonyl (C=O) groups is 2. The average Bonchev–Trinajstić information content (AvgIpc) is 2.78. The molecule has 1 aromatic rings. The number of hydrogen-bond acceptors (Lipinski definition) is 4.